The molecule has 11 heteroatoms. The normalized spacial score (nSPS) is 22.0. The predicted molar refractivity (Wildman–Crippen MR) is 112 cm³/mol. The molecule has 3 heterocycles. The third-order valence-electron chi connectivity index (χ3n) is 4.88. The van der Waals surface area contributed by atoms with Gasteiger partial charge in [-0.25, -0.2) is 0 Å². The number of aromatic nitrogens is 2. The van der Waals surface area contributed by atoms with Gasteiger partial charge in [0.25, 0.3) is 0 Å². The van der Waals surface area contributed by atoms with Crippen molar-refractivity contribution in [3.05, 3.63) is 11.7 Å². The third-order valence-corrected chi connectivity index (χ3v) is 4.88. The first kappa shape index (κ1) is 26.8. The third kappa shape index (κ3) is 7.98. The van der Waals surface area contributed by atoms with Crippen LogP contribution in [0.4, 0.5) is 0 Å². The zero-order valence-corrected chi connectivity index (χ0v) is 18.5. The number of nitrogens with two attached hydrogens (primary N) is 1. The summed E-state index contributed by atoms with van der Waals surface area (Å²) in [6.45, 7) is 13.7. The molecule has 2 saturated heterocycles. The average molecular weight is 448 g/mol. The standard InChI is InChI=1S/C16H30N6O2.3ClH/c1-13(2)22-7-8-23-14(11-22)10-20-3-5-21(6-4-20)12-15-18-16(9-17)24-19-15;;;/h13-14H,3-12,17H2,1-2H3;3*1H. The monoisotopic (exact) mass is 446 g/mol. The summed E-state index contributed by atoms with van der Waals surface area (Å²) in [5, 5.41) is 3.97. The lowest BCUT2D eigenvalue weighted by atomic mass is 10.2. The highest BCUT2D eigenvalue weighted by Crippen LogP contribution is 2.12. The maximum absolute atomic E-state index is 5.96. The van der Waals surface area contributed by atoms with Crippen molar-refractivity contribution in [1.82, 2.24) is 24.8 Å². The summed E-state index contributed by atoms with van der Waals surface area (Å²) in [5.74, 6) is 1.24. The van der Waals surface area contributed by atoms with E-state index < -0.39 is 0 Å². The van der Waals surface area contributed by atoms with Crippen LogP contribution in [0.3, 0.4) is 0 Å². The summed E-state index contributed by atoms with van der Waals surface area (Å²) < 4.78 is 11.0. The van der Waals surface area contributed by atoms with E-state index >= 15 is 0 Å². The molecule has 1 aromatic rings. The first-order valence-electron chi connectivity index (χ1n) is 8.96. The molecule has 0 aromatic carbocycles. The van der Waals surface area contributed by atoms with Crippen LogP contribution in [0.15, 0.2) is 4.52 Å². The van der Waals surface area contributed by atoms with Crippen molar-refractivity contribution in [2.75, 3.05) is 52.4 Å². The molecule has 1 unspecified atom stereocenters. The van der Waals surface area contributed by atoms with Crippen LogP contribution in [0.5, 0.6) is 0 Å². The zero-order valence-electron chi connectivity index (χ0n) is 16.1. The van der Waals surface area contributed by atoms with Crippen molar-refractivity contribution in [2.45, 2.75) is 39.1 Å². The minimum Gasteiger partial charge on any atom is -0.374 e. The van der Waals surface area contributed by atoms with Gasteiger partial charge in [0.05, 0.1) is 25.8 Å². The Morgan fingerprint density at radius 3 is 2.33 bits per heavy atom. The molecule has 8 nitrogen and oxygen atoms in total. The topological polar surface area (TPSA) is 83.9 Å². The van der Waals surface area contributed by atoms with Crippen LogP contribution in [-0.4, -0.2) is 89.4 Å². The minimum atomic E-state index is 0. The Bertz CT molecular complexity index is 514. The SMILES string of the molecule is CC(C)N1CCOC(CN2CCN(Cc3noc(CN)n3)CC2)C1.Cl.Cl.Cl. The van der Waals surface area contributed by atoms with Gasteiger partial charge >= 0.3 is 0 Å². The molecule has 0 saturated carbocycles. The Morgan fingerprint density at radius 1 is 1.07 bits per heavy atom. The molecule has 2 N–H and O–H groups in total. The van der Waals surface area contributed by atoms with Crippen LogP contribution in [0.2, 0.25) is 0 Å². The van der Waals surface area contributed by atoms with E-state index in [4.69, 9.17) is 15.0 Å². The predicted octanol–water partition coefficient (Wildman–Crippen LogP) is 1.02. The first-order valence-corrected chi connectivity index (χ1v) is 8.96. The van der Waals surface area contributed by atoms with Gasteiger partial charge < -0.3 is 15.0 Å². The molecule has 0 spiro atoms. The molecule has 3 rings (SSSR count). The van der Waals surface area contributed by atoms with E-state index in [2.05, 4.69) is 38.7 Å². The van der Waals surface area contributed by atoms with E-state index in [0.717, 1.165) is 64.8 Å². The summed E-state index contributed by atoms with van der Waals surface area (Å²) in [5.41, 5.74) is 5.50. The van der Waals surface area contributed by atoms with Gasteiger partial charge in [-0.1, -0.05) is 5.16 Å². The second-order valence-electron chi connectivity index (χ2n) is 6.97. The summed E-state index contributed by atoms with van der Waals surface area (Å²) in [6, 6.07) is 0.599. The van der Waals surface area contributed by atoms with Crippen LogP contribution in [0.1, 0.15) is 25.6 Å². The van der Waals surface area contributed by atoms with Crippen molar-refractivity contribution < 1.29 is 9.26 Å². The quantitative estimate of drug-likeness (QED) is 0.692. The van der Waals surface area contributed by atoms with Crippen molar-refractivity contribution in [3.8, 4) is 0 Å². The first-order chi connectivity index (χ1) is 11.6. The maximum atomic E-state index is 5.96. The lowest BCUT2D eigenvalue weighted by Crippen LogP contribution is -2.53. The second kappa shape index (κ2) is 13.1. The maximum Gasteiger partial charge on any atom is 0.240 e. The van der Waals surface area contributed by atoms with Crippen molar-refractivity contribution in [2.24, 2.45) is 5.73 Å². The van der Waals surface area contributed by atoms with Crippen LogP contribution < -0.4 is 5.73 Å². The molecule has 0 bridgehead atoms. The molecule has 1 aromatic heterocycles. The van der Waals surface area contributed by atoms with Gasteiger partial charge in [-0.2, -0.15) is 4.98 Å². The van der Waals surface area contributed by atoms with E-state index in [1.165, 1.54) is 0 Å². The van der Waals surface area contributed by atoms with E-state index in [-0.39, 0.29) is 37.2 Å². The van der Waals surface area contributed by atoms with Crippen molar-refractivity contribution in [3.63, 3.8) is 0 Å². The fourth-order valence-electron chi connectivity index (χ4n) is 3.38. The Morgan fingerprint density at radius 2 is 1.74 bits per heavy atom. The molecule has 2 aliphatic rings. The van der Waals surface area contributed by atoms with E-state index in [9.17, 15) is 0 Å². The second-order valence-corrected chi connectivity index (χ2v) is 6.97. The molecular formula is C16H33Cl3N6O2. The van der Waals surface area contributed by atoms with Crippen LogP contribution >= 0.6 is 37.2 Å². The molecule has 2 aliphatic heterocycles. The molecule has 160 valence electrons. The number of piperazine rings is 1. The summed E-state index contributed by atoms with van der Waals surface area (Å²) in [4.78, 5) is 11.7. The van der Waals surface area contributed by atoms with Crippen molar-refractivity contribution >= 4 is 37.2 Å². The molecule has 1 atom stereocenters. The molecule has 27 heavy (non-hydrogen) atoms. The van der Waals surface area contributed by atoms with Gasteiger partial charge in [-0.05, 0) is 13.8 Å². The van der Waals surface area contributed by atoms with Gasteiger partial charge in [0.15, 0.2) is 5.82 Å². The van der Waals surface area contributed by atoms with Gasteiger partial charge in [0.2, 0.25) is 5.89 Å². The Labute approximate surface area is 180 Å². The fraction of sp³-hybridized carbons (Fsp3) is 0.875. The molecule has 0 amide bonds. The van der Waals surface area contributed by atoms with E-state index in [0.29, 0.717) is 24.6 Å². The summed E-state index contributed by atoms with van der Waals surface area (Å²) in [6.07, 6.45) is 0.331. The highest BCUT2D eigenvalue weighted by Gasteiger charge is 2.26. The Hall–Kier alpha value is -0.190. The van der Waals surface area contributed by atoms with Crippen LogP contribution in [0.25, 0.3) is 0 Å². The lowest BCUT2D eigenvalue weighted by Gasteiger charge is -2.40. The minimum absolute atomic E-state index is 0. The molecule has 2 fully saturated rings. The number of morpholine rings is 1. The van der Waals surface area contributed by atoms with Crippen LogP contribution in [-0.2, 0) is 17.8 Å². The average Bonchev–Trinajstić information content (AvgIpc) is 3.04. The molecular weight excluding hydrogens is 415 g/mol. The zero-order chi connectivity index (χ0) is 16.9. The number of rotatable bonds is 6. The summed E-state index contributed by atoms with van der Waals surface area (Å²) >= 11 is 0. The van der Waals surface area contributed by atoms with Gasteiger partial charge in [0, 0.05) is 51.9 Å². The lowest BCUT2D eigenvalue weighted by molar-refractivity contribution is -0.0566. The van der Waals surface area contributed by atoms with Crippen molar-refractivity contribution in [1.29, 1.82) is 0 Å². The number of ether oxygens (including phenoxy) is 1. The Balaban J connectivity index is 0.00000225. The Kier molecular flexibility index (Phi) is 13.0. The number of hydrogen-bond donors (Lipinski definition) is 1. The number of halogens is 3. The largest absolute Gasteiger partial charge is 0.374 e. The number of hydrogen-bond acceptors (Lipinski definition) is 8. The van der Waals surface area contributed by atoms with Gasteiger partial charge in [-0.3, -0.25) is 14.7 Å². The molecule has 0 radical (unpaired) electrons. The van der Waals surface area contributed by atoms with Crippen LogP contribution in [0, 0.1) is 0 Å². The van der Waals surface area contributed by atoms with Gasteiger partial charge in [0.1, 0.15) is 0 Å². The van der Waals surface area contributed by atoms with E-state index in [1.54, 1.807) is 0 Å². The highest BCUT2D eigenvalue weighted by molar-refractivity contribution is 5.86. The molecule has 0 aliphatic carbocycles. The summed E-state index contributed by atoms with van der Waals surface area (Å²) in [7, 11) is 0. The fourth-order valence-corrected chi connectivity index (χ4v) is 3.38. The van der Waals surface area contributed by atoms with Gasteiger partial charge in [-0.15, -0.1) is 37.2 Å². The smallest absolute Gasteiger partial charge is 0.240 e. The van der Waals surface area contributed by atoms with E-state index in [1.807, 2.05) is 0 Å². The highest BCUT2D eigenvalue weighted by atomic mass is 35.5. The number of nitrogens with zero attached hydrogens (tertiary/aromatic N) is 5.